The van der Waals surface area contributed by atoms with Crippen molar-refractivity contribution in [2.75, 3.05) is 19.8 Å². The summed E-state index contributed by atoms with van der Waals surface area (Å²) in [5.41, 5.74) is 7.96. The molecule has 0 aliphatic heterocycles. The van der Waals surface area contributed by atoms with Gasteiger partial charge < -0.3 is 9.30 Å². The Balaban J connectivity index is 1.56. The van der Waals surface area contributed by atoms with E-state index in [1.54, 1.807) is 16.9 Å². The molecule has 0 atom stereocenters. The molecule has 7 nitrogen and oxygen atoms in total. The maximum Gasteiger partial charge on any atom is 0.125 e. The fourth-order valence-electron chi connectivity index (χ4n) is 3.76. The van der Waals surface area contributed by atoms with Crippen LogP contribution in [0.4, 0.5) is 4.39 Å². The van der Waals surface area contributed by atoms with Crippen LogP contribution in [0.15, 0.2) is 61.3 Å². The zero-order valence-corrected chi connectivity index (χ0v) is 18.9. The Bertz CT molecular complexity index is 1250. The van der Waals surface area contributed by atoms with Crippen LogP contribution in [0.25, 0.3) is 22.4 Å². The van der Waals surface area contributed by atoms with Gasteiger partial charge in [-0.3, -0.25) is 10.3 Å². The van der Waals surface area contributed by atoms with E-state index in [1.807, 2.05) is 37.3 Å². The number of ether oxygens (including phenoxy) is 1. The fraction of sp³-hybridized carbons (Fsp3) is 0.280. The molecule has 0 bridgehead atoms. The molecule has 0 radical (unpaired) electrons. The van der Waals surface area contributed by atoms with Crippen LogP contribution in [0.3, 0.4) is 0 Å². The monoisotopic (exact) mass is 449 g/mol. The molecule has 0 aliphatic carbocycles. The molecule has 0 spiro atoms. The Morgan fingerprint density at radius 1 is 1.12 bits per heavy atom. The molecule has 0 unspecified atom stereocenters. The van der Waals surface area contributed by atoms with Crippen molar-refractivity contribution >= 4 is 16.7 Å². The Hall–Kier alpha value is -3.49. The van der Waals surface area contributed by atoms with Gasteiger partial charge in [0, 0.05) is 31.3 Å². The molecule has 8 heteroatoms. The first-order chi connectivity index (χ1) is 16.1. The quantitative estimate of drug-likeness (QED) is 0.270. The van der Waals surface area contributed by atoms with Crippen molar-refractivity contribution in [3.63, 3.8) is 0 Å². The van der Waals surface area contributed by atoms with Gasteiger partial charge in [-0.2, -0.15) is 5.10 Å². The topological polar surface area (TPSA) is 66.1 Å². The van der Waals surface area contributed by atoms with Crippen molar-refractivity contribution in [2.45, 2.75) is 26.8 Å². The van der Waals surface area contributed by atoms with Gasteiger partial charge in [-0.1, -0.05) is 18.7 Å². The number of halogens is 1. The highest BCUT2D eigenvalue weighted by Crippen LogP contribution is 2.23. The number of hydrogen-bond acceptors (Lipinski definition) is 5. The number of rotatable bonds is 11. The summed E-state index contributed by atoms with van der Waals surface area (Å²) in [7, 11) is 0. The summed E-state index contributed by atoms with van der Waals surface area (Å²) in [5, 5.41) is 4.39. The lowest BCUT2D eigenvalue weighted by Crippen LogP contribution is -2.16. The zero-order chi connectivity index (χ0) is 23.2. The van der Waals surface area contributed by atoms with E-state index in [-0.39, 0.29) is 5.82 Å². The number of nitrogens with zero attached hydrogens (tertiary/aromatic N) is 4. The highest BCUT2D eigenvalue weighted by molar-refractivity contribution is 5.81. The molecule has 4 rings (SSSR count). The highest BCUT2D eigenvalue weighted by Gasteiger charge is 2.15. The second kappa shape index (κ2) is 10.4. The lowest BCUT2D eigenvalue weighted by molar-refractivity contribution is 0.0213. The molecule has 4 aromatic rings. The predicted molar refractivity (Wildman–Crippen MR) is 126 cm³/mol. The number of aromatic nitrogens is 4. The van der Waals surface area contributed by atoms with Gasteiger partial charge in [-0.05, 0) is 50.2 Å². The highest BCUT2D eigenvalue weighted by atomic mass is 19.1. The van der Waals surface area contributed by atoms with E-state index in [4.69, 9.17) is 14.6 Å². The summed E-state index contributed by atoms with van der Waals surface area (Å²) in [4.78, 5) is 10.3. The summed E-state index contributed by atoms with van der Waals surface area (Å²) < 4.78 is 22.9. The van der Waals surface area contributed by atoms with Crippen molar-refractivity contribution in [1.29, 1.82) is 0 Å². The third kappa shape index (κ3) is 5.13. The van der Waals surface area contributed by atoms with Gasteiger partial charge in [0.2, 0.25) is 0 Å². The van der Waals surface area contributed by atoms with Gasteiger partial charge in [-0.25, -0.2) is 14.1 Å². The third-order valence-corrected chi connectivity index (χ3v) is 5.33. The molecule has 0 amide bonds. The Morgan fingerprint density at radius 2 is 2.00 bits per heavy atom. The maximum absolute atomic E-state index is 13.7. The second-order valence-electron chi connectivity index (χ2n) is 7.49. The van der Waals surface area contributed by atoms with Crippen molar-refractivity contribution in [2.24, 2.45) is 0 Å². The van der Waals surface area contributed by atoms with Crippen LogP contribution in [0.2, 0.25) is 0 Å². The smallest absolute Gasteiger partial charge is 0.125 e. The van der Waals surface area contributed by atoms with Gasteiger partial charge in [-0.15, -0.1) is 0 Å². The summed E-state index contributed by atoms with van der Waals surface area (Å²) in [6.07, 6.45) is 2.28. The second-order valence-corrected chi connectivity index (χ2v) is 7.49. The van der Waals surface area contributed by atoms with Gasteiger partial charge in [0.25, 0.3) is 0 Å². The van der Waals surface area contributed by atoms with Crippen molar-refractivity contribution in [1.82, 2.24) is 24.8 Å². The Labute approximate surface area is 192 Å². The van der Waals surface area contributed by atoms with Crippen LogP contribution in [0.1, 0.15) is 30.9 Å². The summed E-state index contributed by atoms with van der Waals surface area (Å²) in [5.74, 6) is 0.618. The molecular weight excluding hydrogens is 421 g/mol. The van der Waals surface area contributed by atoms with E-state index in [0.29, 0.717) is 37.6 Å². The standard InChI is InChI=1S/C25H28FN5O2/c1-4-30-24-10-9-19(18(3)29-33-14-13-32-5-2)15-23(24)28-25(30)17-22-11-12-27-31(22)21-8-6-7-20(26)16-21/h6-12,15-16,29H,3-5,13-14,17H2,1-2H3. The third-order valence-electron chi connectivity index (χ3n) is 5.33. The zero-order valence-electron chi connectivity index (χ0n) is 18.9. The molecule has 0 aliphatic rings. The summed E-state index contributed by atoms with van der Waals surface area (Å²) >= 11 is 0. The molecule has 1 N–H and O–H groups in total. The molecule has 2 heterocycles. The van der Waals surface area contributed by atoms with E-state index in [2.05, 4.69) is 28.6 Å². The van der Waals surface area contributed by atoms with Crippen LogP contribution in [-0.2, 0) is 22.5 Å². The molecule has 0 fully saturated rings. The van der Waals surface area contributed by atoms with Gasteiger partial charge in [0.1, 0.15) is 11.6 Å². The first-order valence-corrected chi connectivity index (χ1v) is 11.0. The van der Waals surface area contributed by atoms with Crippen molar-refractivity contribution < 1.29 is 14.0 Å². The lowest BCUT2D eigenvalue weighted by Gasteiger charge is -2.10. The molecule has 2 aromatic carbocycles. The average Bonchev–Trinajstić information content (AvgIpc) is 3.42. The number of fused-ring (bicyclic) bond motifs is 1. The normalized spacial score (nSPS) is 11.2. The number of aryl methyl sites for hydroxylation is 1. The average molecular weight is 450 g/mol. The number of hydroxylamine groups is 1. The molecule has 2 aromatic heterocycles. The van der Waals surface area contributed by atoms with Gasteiger partial charge >= 0.3 is 0 Å². The minimum atomic E-state index is -0.294. The van der Waals surface area contributed by atoms with Crippen LogP contribution >= 0.6 is 0 Å². The number of nitrogens with one attached hydrogen (secondary N) is 1. The molecule has 0 saturated heterocycles. The van der Waals surface area contributed by atoms with Gasteiger partial charge in [0.15, 0.2) is 0 Å². The first-order valence-electron chi connectivity index (χ1n) is 11.0. The first kappa shape index (κ1) is 22.7. The predicted octanol–water partition coefficient (Wildman–Crippen LogP) is 4.50. The molecule has 172 valence electrons. The molecule has 33 heavy (non-hydrogen) atoms. The minimum Gasteiger partial charge on any atom is -0.379 e. The van der Waals surface area contributed by atoms with E-state index in [0.717, 1.165) is 34.7 Å². The largest absolute Gasteiger partial charge is 0.379 e. The number of benzene rings is 2. The number of hydrogen-bond donors (Lipinski definition) is 1. The van der Waals surface area contributed by atoms with Crippen molar-refractivity contribution in [3.05, 3.63) is 84.2 Å². The van der Waals surface area contributed by atoms with Crippen molar-refractivity contribution in [3.8, 4) is 5.69 Å². The Kier molecular flexibility index (Phi) is 7.16. The van der Waals surface area contributed by atoms with E-state index >= 15 is 0 Å². The van der Waals surface area contributed by atoms with E-state index in [1.165, 1.54) is 12.1 Å². The molecular formula is C25H28FN5O2. The van der Waals surface area contributed by atoms with E-state index in [9.17, 15) is 4.39 Å². The SMILES string of the molecule is C=C(NOCCOCC)c1ccc2c(c1)nc(Cc1ccnn1-c1cccc(F)c1)n2CC. The number of imidazole rings is 1. The minimum absolute atomic E-state index is 0.294. The van der Waals surface area contributed by atoms with Gasteiger partial charge in [0.05, 0.1) is 41.3 Å². The van der Waals surface area contributed by atoms with Crippen LogP contribution in [-0.4, -0.2) is 39.2 Å². The fourth-order valence-corrected chi connectivity index (χ4v) is 3.76. The maximum atomic E-state index is 13.7. The molecule has 0 saturated carbocycles. The van der Waals surface area contributed by atoms with Crippen LogP contribution in [0, 0.1) is 5.82 Å². The summed E-state index contributed by atoms with van der Waals surface area (Å²) in [6.45, 7) is 10.5. The lowest BCUT2D eigenvalue weighted by atomic mass is 10.1. The van der Waals surface area contributed by atoms with Crippen LogP contribution < -0.4 is 5.48 Å². The Morgan fingerprint density at radius 3 is 2.79 bits per heavy atom. The van der Waals surface area contributed by atoms with Crippen LogP contribution in [0.5, 0.6) is 0 Å². The summed E-state index contributed by atoms with van der Waals surface area (Å²) in [6, 6.07) is 14.4. The van der Waals surface area contributed by atoms with E-state index < -0.39 is 0 Å².